The number of rotatable bonds is 2. The number of hydrogen-bond acceptors (Lipinski definition) is 0. The minimum atomic E-state index is -1.78. The molecule has 0 aliphatic heterocycles. The molecule has 0 spiro atoms. The van der Waals surface area contributed by atoms with Gasteiger partial charge in [0.15, 0.2) is 0 Å². The van der Waals surface area contributed by atoms with Crippen LogP contribution in [0.1, 0.15) is 54.4 Å². The van der Waals surface area contributed by atoms with Gasteiger partial charge in [0.25, 0.3) is 0 Å². The fourth-order valence-electron chi connectivity index (χ4n) is 2.72. The van der Waals surface area contributed by atoms with E-state index in [9.17, 15) is 0 Å². The molecule has 0 aromatic heterocycles. The third-order valence-electron chi connectivity index (χ3n) is 4.25. The van der Waals surface area contributed by atoms with E-state index < -0.39 is 21.3 Å². The molecule has 0 N–H and O–H groups in total. The summed E-state index contributed by atoms with van der Waals surface area (Å²) in [7, 11) is 0. The summed E-state index contributed by atoms with van der Waals surface area (Å²) < 4.78 is 7.98. The van der Waals surface area contributed by atoms with Crippen LogP contribution in [0.25, 0.3) is 0 Å². The molecule has 0 saturated carbocycles. The molecule has 0 aromatic rings. The molecule has 3 heteroatoms. The number of hydrogen-bond donors (Lipinski definition) is 0. The van der Waals surface area contributed by atoms with Crippen LogP contribution in [0, 0.1) is 10.8 Å². The Kier molecular flexibility index (Phi) is 8.02. The molecule has 0 aromatic carbocycles. The zero-order valence-electron chi connectivity index (χ0n) is 14.7. The quantitative estimate of drug-likeness (QED) is 0.485. The van der Waals surface area contributed by atoms with Crippen LogP contribution < -0.4 is 0 Å². The summed E-state index contributed by atoms with van der Waals surface area (Å²) in [5.74, 6) is 0. The van der Waals surface area contributed by atoms with E-state index in [1.165, 1.54) is 11.1 Å². The van der Waals surface area contributed by atoms with E-state index in [-0.39, 0.29) is 35.6 Å². The number of allylic oxidation sites excluding steroid dienone is 8. The van der Waals surface area contributed by atoms with Crippen LogP contribution in [0.3, 0.4) is 0 Å². The molecule has 0 fully saturated rings. The van der Waals surface area contributed by atoms with Crippen molar-refractivity contribution in [2.24, 2.45) is 10.8 Å². The van der Waals surface area contributed by atoms with Gasteiger partial charge in [0, 0.05) is 0 Å². The average Bonchev–Trinajstić information content (AvgIpc) is 2.96. The van der Waals surface area contributed by atoms with Crippen molar-refractivity contribution in [3.8, 4) is 0 Å². The molecular weight excluding hydrogens is 390 g/mol. The van der Waals surface area contributed by atoms with Crippen LogP contribution >= 0.6 is 24.8 Å². The topological polar surface area (TPSA) is 0 Å². The molecule has 2 aliphatic carbocycles. The van der Waals surface area contributed by atoms with Gasteiger partial charge in [-0.25, -0.2) is 0 Å². The van der Waals surface area contributed by atoms with Crippen LogP contribution in [0.4, 0.5) is 0 Å². The normalized spacial score (nSPS) is 17.7. The first-order valence-corrected chi connectivity index (χ1v) is 11.8. The molecule has 2 rings (SSSR count). The van der Waals surface area contributed by atoms with Gasteiger partial charge in [0.05, 0.1) is 0 Å². The average molecular weight is 421 g/mol. The molecule has 0 saturated heterocycles. The Labute approximate surface area is 156 Å². The molecule has 0 nitrogen and oxygen atoms in total. The van der Waals surface area contributed by atoms with E-state index in [0.29, 0.717) is 0 Å². The van der Waals surface area contributed by atoms with E-state index in [1.807, 2.05) is 0 Å². The Morgan fingerprint density at radius 2 is 1.09 bits per heavy atom. The van der Waals surface area contributed by atoms with Crippen LogP contribution in [0.15, 0.2) is 42.0 Å². The molecule has 22 heavy (non-hydrogen) atoms. The molecule has 2 aliphatic rings. The summed E-state index contributed by atoms with van der Waals surface area (Å²) in [5, 5.41) is 0. The van der Waals surface area contributed by atoms with Crippen molar-refractivity contribution < 1.29 is 21.3 Å². The zero-order valence-corrected chi connectivity index (χ0v) is 18.8. The Morgan fingerprint density at radius 3 is 1.32 bits per heavy atom. The van der Waals surface area contributed by atoms with Gasteiger partial charge < -0.3 is 0 Å². The van der Waals surface area contributed by atoms with Crippen LogP contribution in [0.5, 0.6) is 0 Å². The van der Waals surface area contributed by atoms with E-state index in [0.717, 1.165) is 12.8 Å². The first-order valence-electron chi connectivity index (χ1n) is 7.61. The molecule has 0 amide bonds. The second-order valence-electron chi connectivity index (χ2n) is 8.04. The molecule has 0 unspecified atom stereocenters. The molecule has 0 radical (unpaired) electrons. The maximum atomic E-state index is 4.63. The molecule has 0 bridgehead atoms. The Bertz CT molecular complexity index is 511. The fourth-order valence-corrected chi connectivity index (χ4v) is 7.07. The Hall–Kier alpha value is 0.293. The van der Waals surface area contributed by atoms with Gasteiger partial charge in [-0.3, -0.25) is 0 Å². The third-order valence-corrected chi connectivity index (χ3v) is 9.77. The van der Waals surface area contributed by atoms with E-state index in [2.05, 4.69) is 70.1 Å². The summed E-state index contributed by atoms with van der Waals surface area (Å²) in [5.41, 5.74) is 3.59. The van der Waals surface area contributed by atoms with Gasteiger partial charge in [0.2, 0.25) is 0 Å². The van der Waals surface area contributed by atoms with Crippen molar-refractivity contribution >= 4 is 29.0 Å². The SMILES string of the molecule is Cl.Cl.[CH2]=[Zr]([C]1=CC(C(C)(C)C)=CC1)[C]1=CC(C(C)(C)C)=CC1. The van der Waals surface area contributed by atoms with Gasteiger partial charge >= 0.3 is 133 Å². The van der Waals surface area contributed by atoms with Gasteiger partial charge in [-0.15, -0.1) is 24.8 Å². The monoisotopic (exact) mass is 418 g/mol. The minimum absolute atomic E-state index is 0. The van der Waals surface area contributed by atoms with Gasteiger partial charge in [0.1, 0.15) is 0 Å². The van der Waals surface area contributed by atoms with Gasteiger partial charge in [-0.1, -0.05) is 0 Å². The second-order valence-corrected chi connectivity index (χ2v) is 13.6. The van der Waals surface area contributed by atoms with Crippen molar-refractivity contribution in [3.05, 3.63) is 42.0 Å². The van der Waals surface area contributed by atoms with Gasteiger partial charge in [-0.2, -0.15) is 0 Å². The van der Waals surface area contributed by atoms with Crippen LogP contribution in [-0.4, -0.2) is 4.21 Å². The predicted molar refractivity (Wildman–Crippen MR) is 102 cm³/mol. The van der Waals surface area contributed by atoms with Gasteiger partial charge in [-0.05, 0) is 0 Å². The Balaban J connectivity index is 0.00000220. The fraction of sp³-hybridized carbons (Fsp3) is 0.526. The first kappa shape index (κ1) is 22.3. The summed E-state index contributed by atoms with van der Waals surface area (Å²) in [6, 6.07) is 0. The van der Waals surface area contributed by atoms with Crippen LogP contribution in [0.2, 0.25) is 0 Å². The van der Waals surface area contributed by atoms with E-state index in [1.54, 1.807) is 6.56 Å². The molecule has 0 atom stereocenters. The first-order chi connectivity index (χ1) is 9.09. The van der Waals surface area contributed by atoms with Crippen LogP contribution in [-0.2, 0) is 21.3 Å². The third kappa shape index (κ3) is 5.15. The maximum absolute atomic E-state index is 4.63. The summed E-state index contributed by atoms with van der Waals surface area (Å²) in [6.45, 7) is 13.8. The number of halogens is 2. The second kappa shape index (κ2) is 7.91. The standard InChI is InChI=1S/2C9H13.CH2.2ClH.Zr/c2*1-9(2,3)8-6-4-5-7-8;;;;/h2*6-7H,4H2,1-3H3;1H2;2*1H;. The van der Waals surface area contributed by atoms with Crippen molar-refractivity contribution in [2.45, 2.75) is 54.4 Å². The molecular formula is C19H30Cl2Zr. The molecule has 124 valence electrons. The van der Waals surface area contributed by atoms with E-state index in [4.69, 9.17) is 0 Å². The predicted octanol–water partition coefficient (Wildman–Crippen LogP) is 6.40. The molecule has 0 heterocycles. The zero-order chi connectivity index (χ0) is 15.1. The summed E-state index contributed by atoms with van der Waals surface area (Å²) >= 11 is -1.78. The summed E-state index contributed by atoms with van der Waals surface area (Å²) in [6.07, 6.45) is 12.1. The van der Waals surface area contributed by atoms with Crippen molar-refractivity contribution in [1.82, 2.24) is 0 Å². The van der Waals surface area contributed by atoms with Crippen molar-refractivity contribution in [2.75, 3.05) is 0 Å². The summed E-state index contributed by atoms with van der Waals surface area (Å²) in [4.78, 5) is 0. The Morgan fingerprint density at radius 1 is 0.773 bits per heavy atom. The van der Waals surface area contributed by atoms with E-state index >= 15 is 0 Å². The van der Waals surface area contributed by atoms with Crippen molar-refractivity contribution in [1.29, 1.82) is 0 Å². The van der Waals surface area contributed by atoms with Crippen molar-refractivity contribution in [3.63, 3.8) is 0 Å².